The Morgan fingerprint density at radius 3 is 0.872 bits per heavy atom. The molecular weight excluding hydrogens is 584 g/mol. The van der Waals surface area contributed by atoms with Crippen molar-refractivity contribution >= 4 is 34.1 Å². The number of nitrogens with two attached hydrogens (primary N) is 2. The lowest BCUT2D eigenvalue weighted by atomic mass is 9.78. The van der Waals surface area contributed by atoms with E-state index in [2.05, 4.69) is 58.6 Å². The van der Waals surface area contributed by atoms with Crippen LogP contribution in [-0.2, 0) is 5.41 Å². The van der Waals surface area contributed by atoms with Crippen LogP contribution in [0.2, 0.25) is 0 Å². The molecule has 0 aliphatic rings. The molecule has 0 aliphatic carbocycles. The Morgan fingerprint density at radius 1 is 0.362 bits per heavy atom. The van der Waals surface area contributed by atoms with Crippen LogP contribution in [0.4, 0.5) is 34.1 Å². The van der Waals surface area contributed by atoms with Gasteiger partial charge in [-0.15, -0.1) is 0 Å². The highest BCUT2D eigenvalue weighted by Gasteiger charge is 2.23. The minimum atomic E-state index is -0.231. The largest absolute Gasteiger partial charge is 0.457 e. The maximum atomic E-state index is 6.08. The number of benzene rings is 6. The number of anilines is 2. The summed E-state index contributed by atoms with van der Waals surface area (Å²) < 4.78 is 12.2. The van der Waals surface area contributed by atoms with Gasteiger partial charge in [-0.05, 0) is 132 Å². The van der Waals surface area contributed by atoms with Gasteiger partial charge < -0.3 is 20.9 Å². The van der Waals surface area contributed by atoms with E-state index in [4.69, 9.17) is 20.9 Å². The van der Waals surface area contributed by atoms with Gasteiger partial charge in [0.2, 0.25) is 0 Å². The molecule has 0 aliphatic heterocycles. The van der Waals surface area contributed by atoms with Crippen molar-refractivity contribution in [2.24, 2.45) is 20.5 Å². The van der Waals surface area contributed by atoms with Crippen molar-refractivity contribution in [1.29, 1.82) is 0 Å². The molecule has 0 unspecified atom stereocenters. The molecule has 0 aromatic heterocycles. The van der Waals surface area contributed by atoms with Crippen molar-refractivity contribution < 1.29 is 9.47 Å². The van der Waals surface area contributed by atoms with E-state index >= 15 is 0 Å². The molecule has 4 N–H and O–H groups in total. The molecule has 0 saturated heterocycles. The van der Waals surface area contributed by atoms with Crippen LogP contribution in [0.1, 0.15) is 25.0 Å². The lowest BCUT2D eigenvalue weighted by Gasteiger charge is -2.26. The van der Waals surface area contributed by atoms with E-state index in [1.165, 1.54) is 11.1 Å². The highest BCUT2D eigenvalue weighted by Crippen LogP contribution is 2.35. The minimum Gasteiger partial charge on any atom is -0.457 e. The Balaban J connectivity index is 1.04. The second-order valence-corrected chi connectivity index (χ2v) is 11.4. The maximum Gasteiger partial charge on any atom is 0.127 e. The van der Waals surface area contributed by atoms with Crippen molar-refractivity contribution in [2.45, 2.75) is 19.3 Å². The molecule has 8 nitrogen and oxygen atoms in total. The van der Waals surface area contributed by atoms with Gasteiger partial charge in [0, 0.05) is 16.8 Å². The number of nitrogens with zero attached hydrogens (tertiary/aromatic N) is 4. The van der Waals surface area contributed by atoms with Crippen LogP contribution in [-0.4, -0.2) is 0 Å². The maximum absolute atomic E-state index is 6.08. The van der Waals surface area contributed by atoms with E-state index in [0.717, 1.165) is 45.7 Å². The Bertz CT molecular complexity index is 1820. The van der Waals surface area contributed by atoms with E-state index < -0.39 is 0 Å². The van der Waals surface area contributed by atoms with E-state index in [1.807, 2.05) is 97.1 Å². The van der Waals surface area contributed by atoms with Gasteiger partial charge in [0.1, 0.15) is 23.0 Å². The zero-order chi connectivity index (χ0) is 32.6. The lowest BCUT2D eigenvalue weighted by molar-refractivity contribution is 0.481. The van der Waals surface area contributed by atoms with Gasteiger partial charge in [0.25, 0.3) is 0 Å². The van der Waals surface area contributed by atoms with Crippen LogP contribution in [0.3, 0.4) is 0 Å². The molecule has 0 heterocycles. The summed E-state index contributed by atoms with van der Waals surface area (Å²) >= 11 is 0. The Labute approximate surface area is 274 Å². The first kappa shape index (κ1) is 30.7. The topological polar surface area (TPSA) is 120 Å². The van der Waals surface area contributed by atoms with Crippen LogP contribution < -0.4 is 20.9 Å². The third kappa shape index (κ3) is 8.06. The van der Waals surface area contributed by atoms with E-state index in [9.17, 15) is 0 Å². The van der Waals surface area contributed by atoms with Crippen molar-refractivity contribution in [3.05, 3.63) is 157 Å². The quantitative estimate of drug-likeness (QED) is 0.117. The zero-order valence-electron chi connectivity index (χ0n) is 26.1. The predicted octanol–water partition coefficient (Wildman–Crippen LogP) is 11.6. The van der Waals surface area contributed by atoms with Crippen LogP contribution >= 0.6 is 0 Å². The zero-order valence-corrected chi connectivity index (χ0v) is 26.1. The molecule has 6 aromatic rings. The molecule has 6 aromatic carbocycles. The van der Waals surface area contributed by atoms with Crippen LogP contribution in [0.15, 0.2) is 166 Å². The molecule has 6 rings (SSSR count). The van der Waals surface area contributed by atoms with Gasteiger partial charge in [-0.25, -0.2) is 0 Å². The van der Waals surface area contributed by atoms with E-state index in [0.29, 0.717) is 11.4 Å². The van der Waals surface area contributed by atoms with Gasteiger partial charge in [-0.3, -0.25) is 0 Å². The van der Waals surface area contributed by atoms with Crippen LogP contribution in [0.25, 0.3) is 0 Å². The molecule has 0 fully saturated rings. The average molecular weight is 619 g/mol. The van der Waals surface area contributed by atoms with Crippen LogP contribution in [0, 0.1) is 0 Å². The lowest BCUT2D eigenvalue weighted by Crippen LogP contribution is -2.18. The normalized spacial score (nSPS) is 11.6. The van der Waals surface area contributed by atoms with Gasteiger partial charge in [-0.1, -0.05) is 38.1 Å². The summed E-state index contributed by atoms with van der Waals surface area (Å²) in [7, 11) is 0. The molecule has 8 heteroatoms. The first-order valence-corrected chi connectivity index (χ1v) is 15.1. The fraction of sp³-hybridized carbons (Fsp3) is 0.0769. The summed E-state index contributed by atoms with van der Waals surface area (Å²) in [4.78, 5) is 0. The third-order valence-electron chi connectivity index (χ3n) is 7.64. The second-order valence-electron chi connectivity index (χ2n) is 11.4. The molecular formula is C39H34N6O2. The second kappa shape index (κ2) is 13.8. The first-order valence-electron chi connectivity index (χ1n) is 15.1. The minimum absolute atomic E-state index is 0.231. The summed E-state index contributed by atoms with van der Waals surface area (Å²) in [5.41, 5.74) is 17.9. The standard InChI is InChI=1S/C39H34N6O2/c1-39(2,27-3-19-35(20-4-27)46-37-23-15-33(16-24-37)44-42-31-11-7-29(40)8-12-31)28-5-21-36(22-6-28)47-38-25-17-34(18-26-38)45-43-32-13-9-30(41)10-14-32/h3-26H,40-41H2,1-2H3. The predicted molar refractivity (Wildman–Crippen MR) is 188 cm³/mol. The molecule has 47 heavy (non-hydrogen) atoms. The van der Waals surface area contributed by atoms with Gasteiger partial charge in [-0.2, -0.15) is 20.5 Å². The molecule has 0 amide bonds. The first-order chi connectivity index (χ1) is 22.8. The molecule has 0 radical (unpaired) electrons. The summed E-state index contributed by atoms with van der Waals surface area (Å²) in [5, 5.41) is 17.0. The SMILES string of the molecule is CC(C)(c1ccc(Oc2ccc(N=Nc3ccc(N)cc3)cc2)cc1)c1ccc(Oc2ccc(N=Nc3ccc(N)cc3)cc2)cc1. The van der Waals surface area contributed by atoms with Crippen molar-refractivity contribution in [1.82, 2.24) is 0 Å². The highest BCUT2D eigenvalue weighted by molar-refractivity contribution is 5.50. The average Bonchev–Trinajstić information content (AvgIpc) is 3.09. The van der Waals surface area contributed by atoms with Crippen molar-refractivity contribution in [3.8, 4) is 23.0 Å². The Kier molecular flexibility index (Phi) is 9.02. The fourth-order valence-electron chi connectivity index (χ4n) is 4.79. The monoisotopic (exact) mass is 618 g/mol. The number of hydrogen-bond donors (Lipinski definition) is 2. The van der Waals surface area contributed by atoms with Gasteiger partial charge in [0.05, 0.1) is 22.7 Å². The van der Waals surface area contributed by atoms with Crippen molar-refractivity contribution in [3.63, 3.8) is 0 Å². The number of hydrogen-bond acceptors (Lipinski definition) is 8. The summed E-state index contributed by atoms with van der Waals surface area (Å²) in [6.45, 7) is 4.40. The summed E-state index contributed by atoms with van der Waals surface area (Å²) in [6, 6.07) is 45.8. The Hall–Kier alpha value is -6.28. The van der Waals surface area contributed by atoms with E-state index in [1.54, 1.807) is 24.3 Å². The van der Waals surface area contributed by atoms with Crippen LogP contribution in [0.5, 0.6) is 23.0 Å². The summed E-state index contributed by atoms with van der Waals surface area (Å²) in [6.07, 6.45) is 0. The summed E-state index contributed by atoms with van der Waals surface area (Å²) in [5.74, 6) is 2.94. The number of rotatable bonds is 10. The smallest absolute Gasteiger partial charge is 0.127 e. The molecule has 0 saturated carbocycles. The molecule has 0 spiro atoms. The van der Waals surface area contributed by atoms with E-state index in [-0.39, 0.29) is 5.41 Å². The van der Waals surface area contributed by atoms with Gasteiger partial charge in [0.15, 0.2) is 0 Å². The highest BCUT2D eigenvalue weighted by atomic mass is 16.5. The third-order valence-corrected chi connectivity index (χ3v) is 7.64. The molecule has 232 valence electrons. The molecule has 0 bridgehead atoms. The molecule has 0 atom stereocenters. The Morgan fingerprint density at radius 2 is 0.596 bits per heavy atom. The fourth-order valence-corrected chi connectivity index (χ4v) is 4.79. The number of nitrogen functional groups attached to an aromatic ring is 2. The number of azo groups is 2. The van der Waals surface area contributed by atoms with Gasteiger partial charge >= 0.3 is 0 Å². The van der Waals surface area contributed by atoms with Crippen molar-refractivity contribution in [2.75, 3.05) is 11.5 Å². The number of ether oxygens (including phenoxy) is 2.